The Morgan fingerprint density at radius 1 is 1.12 bits per heavy atom. The molecule has 174 valence electrons. The number of aromatic amines is 1. The quantitative estimate of drug-likeness (QED) is 0.381. The Morgan fingerprint density at radius 3 is 2.50 bits per heavy atom. The first kappa shape index (κ1) is 22.2. The molecule has 5 rings (SSSR count). The maximum Gasteiger partial charge on any atom is 0.313 e. The third-order valence-electron chi connectivity index (χ3n) is 6.18. The van der Waals surface area contributed by atoms with E-state index >= 15 is 0 Å². The van der Waals surface area contributed by atoms with E-state index in [1.54, 1.807) is 50.4 Å². The number of hydrogen-bond donors (Lipinski definition) is 2. The number of anilines is 1. The first-order chi connectivity index (χ1) is 16.3. The number of nitrogens with zero attached hydrogens (tertiary/aromatic N) is 4. The highest BCUT2D eigenvalue weighted by molar-refractivity contribution is 6.33. The molecule has 1 fully saturated rings. The summed E-state index contributed by atoms with van der Waals surface area (Å²) >= 11 is 6.52. The van der Waals surface area contributed by atoms with Crippen LogP contribution in [0.4, 0.5) is 5.82 Å². The monoisotopic (exact) mass is 477 g/mol. The summed E-state index contributed by atoms with van der Waals surface area (Å²) in [7, 11) is 0. The van der Waals surface area contributed by atoms with Crippen LogP contribution >= 0.6 is 11.6 Å². The van der Waals surface area contributed by atoms with Crippen molar-refractivity contribution in [2.24, 2.45) is 0 Å². The molecule has 1 aromatic carbocycles. The molecule has 3 aromatic heterocycles. The predicted molar refractivity (Wildman–Crippen MR) is 131 cm³/mol. The molecule has 4 heterocycles. The van der Waals surface area contributed by atoms with Crippen LogP contribution in [0.3, 0.4) is 0 Å². The number of ether oxygens (including phenoxy) is 1. The molecule has 34 heavy (non-hydrogen) atoms. The fraction of sp³-hybridized carbons (Fsp3) is 0.280. The SMILES string of the molecule is CC(C)(C(=O)O)c1ccc(Oc2nc3nc(-c4ccc(N5CCCC5)nc4)c(Cl)cc3[nH]2)cc1. The number of aromatic nitrogens is 4. The Kier molecular flexibility index (Phi) is 5.61. The summed E-state index contributed by atoms with van der Waals surface area (Å²) < 4.78 is 5.83. The number of aliphatic carboxylic acids is 1. The number of hydrogen-bond acceptors (Lipinski definition) is 6. The number of benzene rings is 1. The number of fused-ring (bicyclic) bond motifs is 1. The average molecular weight is 478 g/mol. The van der Waals surface area contributed by atoms with Crippen molar-refractivity contribution in [3.05, 3.63) is 59.2 Å². The van der Waals surface area contributed by atoms with Gasteiger partial charge in [-0.05, 0) is 62.6 Å². The second-order valence-corrected chi connectivity index (χ2v) is 9.29. The van der Waals surface area contributed by atoms with Crippen molar-refractivity contribution in [2.75, 3.05) is 18.0 Å². The van der Waals surface area contributed by atoms with Crippen LogP contribution in [0, 0.1) is 0 Å². The van der Waals surface area contributed by atoms with Gasteiger partial charge in [-0.15, -0.1) is 0 Å². The number of carboxylic acid groups (broad SMARTS) is 1. The van der Waals surface area contributed by atoms with Crippen LogP contribution in [-0.2, 0) is 10.2 Å². The Bertz CT molecular complexity index is 1340. The Labute approximate surface area is 201 Å². The minimum atomic E-state index is -0.990. The fourth-order valence-electron chi connectivity index (χ4n) is 3.98. The van der Waals surface area contributed by atoms with E-state index in [4.69, 9.17) is 16.3 Å². The van der Waals surface area contributed by atoms with Crippen molar-refractivity contribution in [3.8, 4) is 23.0 Å². The molecule has 0 atom stereocenters. The molecule has 1 saturated heterocycles. The summed E-state index contributed by atoms with van der Waals surface area (Å²) in [6.07, 6.45) is 4.18. The summed E-state index contributed by atoms with van der Waals surface area (Å²) in [4.78, 5) is 30.5. The number of H-pyrrole nitrogens is 1. The van der Waals surface area contributed by atoms with E-state index in [9.17, 15) is 9.90 Å². The van der Waals surface area contributed by atoms with Crippen molar-refractivity contribution >= 4 is 34.6 Å². The van der Waals surface area contributed by atoms with Gasteiger partial charge in [0.05, 0.1) is 21.6 Å². The van der Waals surface area contributed by atoms with Gasteiger partial charge >= 0.3 is 12.0 Å². The molecule has 4 aromatic rings. The van der Waals surface area contributed by atoms with E-state index < -0.39 is 11.4 Å². The number of carboxylic acids is 1. The summed E-state index contributed by atoms with van der Waals surface area (Å²) in [5, 5.41) is 9.88. The van der Waals surface area contributed by atoms with Gasteiger partial charge in [-0.25, -0.2) is 9.97 Å². The van der Waals surface area contributed by atoms with E-state index in [2.05, 4.69) is 24.8 Å². The van der Waals surface area contributed by atoms with Crippen LogP contribution in [0.5, 0.6) is 11.8 Å². The van der Waals surface area contributed by atoms with Gasteiger partial charge in [0.25, 0.3) is 0 Å². The number of nitrogens with one attached hydrogen (secondary N) is 1. The van der Waals surface area contributed by atoms with Gasteiger partial charge in [-0.1, -0.05) is 23.7 Å². The van der Waals surface area contributed by atoms with Crippen LogP contribution < -0.4 is 9.64 Å². The lowest BCUT2D eigenvalue weighted by Crippen LogP contribution is -2.28. The zero-order valence-electron chi connectivity index (χ0n) is 18.9. The molecular formula is C25H24ClN5O3. The van der Waals surface area contributed by atoms with Gasteiger partial charge in [0, 0.05) is 24.8 Å². The smallest absolute Gasteiger partial charge is 0.313 e. The molecule has 1 aliphatic heterocycles. The van der Waals surface area contributed by atoms with Gasteiger partial charge in [-0.3, -0.25) is 4.79 Å². The van der Waals surface area contributed by atoms with E-state index in [1.807, 2.05) is 12.1 Å². The fourth-order valence-corrected chi connectivity index (χ4v) is 4.24. The molecule has 0 aliphatic carbocycles. The number of imidazole rings is 1. The van der Waals surface area contributed by atoms with E-state index in [-0.39, 0.29) is 6.01 Å². The largest absolute Gasteiger partial charge is 0.481 e. The van der Waals surface area contributed by atoms with Crippen LogP contribution in [-0.4, -0.2) is 44.1 Å². The van der Waals surface area contributed by atoms with Crippen LogP contribution in [0.2, 0.25) is 5.02 Å². The first-order valence-electron chi connectivity index (χ1n) is 11.1. The molecule has 9 heteroatoms. The van der Waals surface area contributed by atoms with Gasteiger partial charge in [0.15, 0.2) is 5.65 Å². The van der Waals surface area contributed by atoms with Crippen molar-refractivity contribution in [1.29, 1.82) is 0 Å². The lowest BCUT2D eigenvalue weighted by atomic mass is 9.85. The molecule has 2 N–H and O–H groups in total. The third-order valence-corrected chi connectivity index (χ3v) is 6.47. The van der Waals surface area contributed by atoms with Crippen molar-refractivity contribution in [1.82, 2.24) is 19.9 Å². The van der Waals surface area contributed by atoms with Crippen molar-refractivity contribution < 1.29 is 14.6 Å². The van der Waals surface area contributed by atoms with Gasteiger partial charge in [0.2, 0.25) is 0 Å². The first-order valence-corrected chi connectivity index (χ1v) is 11.5. The minimum Gasteiger partial charge on any atom is -0.481 e. The van der Waals surface area contributed by atoms with Crippen LogP contribution in [0.1, 0.15) is 32.3 Å². The van der Waals surface area contributed by atoms with Crippen LogP contribution in [0.15, 0.2) is 48.7 Å². The predicted octanol–water partition coefficient (Wildman–Crippen LogP) is 5.43. The zero-order valence-corrected chi connectivity index (χ0v) is 19.6. The lowest BCUT2D eigenvalue weighted by molar-refractivity contribution is -0.142. The molecule has 0 spiro atoms. The highest BCUT2D eigenvalue weighted by Crippen LogP contribution is 2.32. The maximum atomic E-state index is 11.5. The highest BCUT2D eigenvalue weighted by atomic mass is 35.5. The summed E-state index contributed by atoms with van der Waals surface area (Å²) in [6.45, 7) is 5.39. The number of rotatable bonds is 6. The Morgan fingerprint density at radius 2 is 1.85 bits per heavy atom. The number of halogens is 1. The summed E-state index contributed by atoms with van der Waals surface area (Å²) in [5.41, 5.74) is 2.23. The second kappa shape index (κ2) is 8.61. The molecule has 0 bridgehead atoms. The van der Waals surface area contributed by atoms with Crippen molar-refractivity contribution in [2.45, 2.75) is 32.1 Å². The van der Waals surface area contributed by atoms with Gasteiger partial charge < -0.3 is 19.7 Å². The Balaban J connectivity index is 1.37. The normalized spacial score (nSPS) is 14.0. The highest BCUT2D eigenvalue weighted by Gasteiger charge is 2.29. The van der Waals surface area contributed by atoms with Crippen molar-refractivity contribution in [3.63, 3.8) is 0 Å². The molecule has 1 aliphatic rings. The maximum absolute atomic E-state index is 11.5. The average Bonchev–Trinajstić information content (AvgIpc) is 3.49. The standard InChI is InChI=1S/C25H24ClN5O3/c1-25(2,23(32)33)16-6-8-17(9-7-16)34-24-28-19-13-18(26)21(29-22(19)30-24)15-5-10-20(27-14-15)31-11-3-4-12-31/h5-10,13-14H,3-4,11-12H2,1-2H3,(H,32,33)(H,28,29,30). The topological polar surface area (TPSA) is 104 Å². The van der Waals surface area contributed by atoms with E-state index in [0.717, 1.165) is 24.5 Å². The number of pyridine rings is 2. The van der Waals surface area contributed by atoms with Crippen LogP contribution in [0.25, 0.3) is 22.4 Å². The molecule has 8 nitrogen and oxygen atoms in total. The molecule has 0 saturated carbocycles. The van der Waals surface area contributed by atoms with E-state index in [1.165, 1.54) is 12.8 Å². The third kappa shape index (κ3) is 4.17. The summed E-state index contributed by atoms with van der Waals surface area (Å²) in [5.74, 6) is 0.599. The second-order valence-electron chi connectivity index (χ2n) is 8.89. The molecule has 0 amide bonds. The lowest BCUT2D eigenvalue weighted by Gasteiger charge is -2.19. The molecular weight excluding hydrogens is 454 g/mol. The van der Waals surface area contributed by atoms with Gasteiger partial charge in [0.1, 0.15) is 11.6 Å². The zero-order chi connectivity index (χ0) is 23.9. The Hall–Kier alpha value is -3.65. The van der Waals surface area contributed by atoms with Gasteiger partial charge in [-0.2, -0.15) is 4.98 Å². The summed E-state index contributed by atoms with van der Waals surface area (Å²) in [6, 6.07) is 12.9. The minimum absolute atomic E-state index is 0.267. The van der Waals surface area contributed by atoms with E-state index in [0.29, 0.717) is 33.2 Å². The molecule has 0 unspecified atom stereocenters. The number of carbonyl (C=O) groups is 1. The molecule has 0 radical (unpaired) electrons.